The van der Waals surface area contributed by atoms with Gasteiger partial charge < -0.3 is 14.8 Å². The molecule has 0 saturated heterocycles. The van der Waals surface area contributed by atoms with E-state index in [-0.39, 0.29) is 12.0 Å². The van der Waals surface area contributed by atoms with E-state index in [2.05, 4.69) is 5.32 Å². The van der Waals surface area contributed by atoms with Crippen molar-refractivity contribution in [2.24, 2.45) is 5.41 Å². The Morgan fingerprint density at radius 3 is 2.55 bits per heavy atom. The number of methoxy groups -OCH3 is 1. The molecule has 0 aliphatic heterocycles. The van der Waals surface area contributed by atoms with Gasteiger partial charge in [-0.05, 0) is 51.8 Å². The molecule has 1 amide bonds. The molecule has 124 valence electrons. The van der Waals surface area contributed by atoms with Crippen LogP contribution in [-0.2, 0) is 11.2 Å². The number of hydrogen-bond acceptors (Lipinski definition) is 3. The molecule has 1 N–H and O–H groups in total. The van der Waals surface area contributed by atoms with E-state index in [1.54, 1.807) is 7.11 Å². The Kier molecular flexibility index (Phi) is 7.01. The molecule has 5 heteroatoms. The maximum atomic E-state index is 11.9. The Bertz CT molecular complexity index is 501. The summed E-state index contributed by atoms with van der Waals surface area (Å²) in [6, 6.07) is 5.83. The van der Waals surface area contributed by atoms with Gasteiger partial charge in [-0.3, -0.25) is 4.79 Å². The van der Waals surface area contributed by atoms with Gasteiger partial charge >= 0.3 is 0 Å². The molecule has 0 heterocycles. The summed E-state index contributed by atoms with van der Waals surface area (Å²) in [5.74, 6) is 1.70. The van der Waals surface area contributed by atoms with Crippen LogP contribution in [0.1, 0.15) is 33.3 Å². The van der Waals surface area contributed by atoms with Crippen molar-refractivity contribution in [2.45, 2.75) is 40.2 Å². The zero-order chi connectivity index (χ0) is 16.8. The molecular weight excluding hydrogens is 302 g/mol. The van der Waals surface area contributed by atoms with Gasteiger partial charge in [0, 0.05) is 12.4 Å². The lowest BCUT2D eigenvalue weighted by Crippen LogP contribution is -2.39. The first-order valence-corrected chi connectivity index (χ1v) is 8.01. The van der Waals surface area contributed by atoms with Crippen molar-refractivity contribution in [3.05, 3.63) is 23.8 Å². The van der Waals surface area contributed by atoms with E-state index >= 15 is 0 Å². The van der Waals surface area contributed by atoms with Gasteiger partial charge in [0.25, 0.3) is 0 Å². The first-order valence-electron chi connectivity index (χ1n) is 7.48. The van der Waals surface area contributed by atoms with Gasteiger partial charge in [0.2, 0.25) is 5.91 Å². The number of benzene rings is 1. The normalized spacial score (nSPS) is 11.4. The lowest BCUT2D eigenvalue weighted by Gasteiger charge is -2.20. The Hall–Kier alpha value is -1.42. The van der Waals surface area contributed by atoms with Gasteiger partial charge in [0.15, 0.2) is 11.5 Å². The van der Waals surface area contributed by atoms with Gasteiger partial charge in [-0.25, -0.2) is 0 Å². The summed E-state index contributed by atoms with van der Waals surface area (Å²) in [6.07, 6.45) is 0.819. The van der Waals surface area contributed by atoms with E-state index in [1.807, 2.05) is 45.9 Å². The van der Waals surface area contributed by atoms with Crippen LogP contribution in [-0.4, -0.2) is 31.5 Å². The van der Waals surface area contributed by atoms with Crippen LogP contribution in [0.5, 0.6) is 11.5 Å². The third-order valence-corrected chi connectivity index (χ3v) is 3.91. The number of amides is 1. The second-order valence-electron chi connectivity index (χ2n) is 6.18. The lowest BCUT2D eigenvalue weighted by molar-refractivity contribution is -0.128. The third-order valence-electron chi connectivity index (χ3n) is 3.24. The molecule has 0 fully saturated rings. The highest BCUT2D eigenvalue weighted by molar-refractivity contribution is 6.19. The number of nitrogens with one attached hydrogen (secondary N) is 1. The molecule has 22 heavy (non-hydrogen) atoms. The summed E-state index contributed by atoms with van der Waals surface area (Å²) in [5.41, 5.74) is 0.533. The van der Waals surface area contributed by atoms with E-state index < -0.39 is 5.41 Å². The summed E-state index contributed by atoms with van der Waals surface area (Å²) in [7, 11) is 1.62. The zero-order valence-electron chi connectivity index (χ0n) is 14.0. The largest absolute Gasteiger partial charge is 0.493 e. The molecule has 0 radical (unpaired) electrons. The quantitative estimate of drug-likeness (QED) is 0.744. The van der Waals surface area contributed by atoms with Crippen LogP contribution < -0.4 is 14.8 Å². The van der Waals surface area contributed by atoms with Gasteiger partial charge in [-0.1, -0.05) is 6.07 Å². The van der Waals surface area contributed by atoms with Crippen molar-refractivity contribution >= 4 is 17.5 Å². The number of ether oxygens (including phenoxy) is 2. The number of carbonyl (C=O) groups excluding carboxylic acids is 1. The Morgan fingerprint density at radius 2 is 2.00 bits per heavy atom. The minimum absolute atomic E-state index is 0.0331. The van der Waals surface area contributed by atoms with E-state index in [0.717, 1.165) is 17.7 Å². The second kappa shape index (κ2) is 8.28. The predicted molar refractivity (Wildman–Crippen MR) is 90.0 cm³/mol. The fourth-order valence-corrected chi connectivity index (χ4v) is 1.96. The molecule has 0 atom stereocenters. The first-order chi connectivity index (χ1) is 10.3. The van der Waals surface area contributed by atoms with Crippen molar-refractivity contribution < 1.29 is 14.3 Å². The molecule has 0 bridgehead atoms. The van der Waals surface area contributed by atoms with E-state index in [0.29, 0.717) is 18.2 Å². The standard InChI is InChI=1S/C17H26ClNO3/c1-12(2)22-14-7-6-13(10-15(14)21-5)8-9-19-16(20)17(3,4)11-18/h6-7,10,12H,8-9,11H2,1-5H3,(H,19,20). The van der Waals surface area contributed by atoms with Crippen LogP contribution in [0.25, 0.3) is 0 Å². The van der Waals surface area contributed by atoms with Gasteiger partial charge in [-0.15, -0.1) is 11.6 Å². The van der Waals surface area contributed by atoms with Gasteiger partial charge in [0.1, 0.15) is 0 Å². The van der Waals surface area contributed by atoms with Crippen molar-refractivity contribution in [3.63, 3.8) is 0 Å². The van der Waals surface area contributed by atoms with E-state index in [9.17, 15) is 4.79 Å². The second-order valence-corrected chi connectivity index (χ2v) is 6.44. The van der Waals surface area contributed by atoms with Crippen LogP contribution in [0.4, 0.5) is 0 Å². The molecule has 0 spiro atoms. The molecule has 0 aliphatic carbocycles. The number of alkyl halides is 1. The summed E-state index contributed by atoms with van der Waals surface area (Å²) < 4.78 is 11.0. The average Bonchev–Trinajstić information content (AvgIpc) is 2.47. The molecular formula is C17H26ClNO3. The number of halogens is 1. The van der Waals surface area contributed by atoms with Crippen molar-refractivity contribution in [3.8, 4) is 11.5 Å². The minimum Gasteiger partial charge on any atom is -0.493 e. The average molecular weight is 328 g/mol. The van der Waals surface area contributed by atoms with Crippen LogP contribution in [0, 0.1) is 5.41 Å². The summed E-state index contributed by atoms with van der Waals surface area (Å²) in [5, 5.41) is 2.91. The summed E-state index contributed by atoms with van der Waals surface area (Å²) >= 11 is 5.79. The van der Waals surface area contributed by atoms with Crippen LogP contribution >= 0.6 is 11.6 Å². The molecule has 1 rings (SSSR count). The smallest absolute Gasteiger partial charge is 0.226 e. The van der Waals surface area contributed by atoms with Gasteiger partial charge in [0.05, 0.1) is 18.6 Å². The maximum absolute atomic E-state index is 11.9. The third kappa shape index (κ3) is 5.41. The molecule has 0 saturated carbocycles. The molecule has 0 aliphatic rings. The SMILES string of the molecule is COc1cc(CCNC(=O)C(C)(C)CCl)ccc1OC(C)C. The van der Waals surface area contributed by atoms with E-state index in [1.165, 1.54) is 0 Å². The Balaban J connectivity index is 2.62. The minimum atomic E-state index is -0.547. The van der Waals surface area contributed by atoms with E-state index in [4.69, 9.17) is 21.1 Å². The monoisotopic (exact) mass is 327 g/mol. The van der Waals surface area contributed by atoms with Crippen LogP contribution in [0.2, 0.25) is 0 Å². The molecule has 0 unspecified atom stereocenters. The first kappa shape index (κ1) is 18.6. The lowest BCUT2D eigenvalue weighted by atomic mass is 9.95. The highest BCUT2D eigenvalue weighted by atomic mass is 35.5. The topological polar surface area (TPSA) is 47.6 Å². The highest BCUT2D eigenvalue weighted by Gasteiger charge is 2.25. The fraction of sp³-hybridized carbons (Fsp3) is 0.588. The Morgan fingerprint density at radius 1 is 1.32 bits per heavy atom. The van der Waals surface area contributed by atoms with Crippen molar-refractivity contribution in [1.29, 1.82) is 0 Å². The van der Waals surface area contributed by atoms with Crippen molar-refractivity contribution in [2.75, 3.05) is 19.5 Å². The maximum Gasteiger partial charge on any atom is 0.226 e. The van der Waals surface area contributed by atoms with Crippen molar-refractivity contribution in [1.82, 2.24) is 5.32 Å². The van der Waals surface area contributed by atoms with Gasteiger partial charge in [-0.2, -0.15) is 0 Å². The van der Waals surface area contributed by atoms with Crippen LogP contribution in [0.3, 0.4) is 0 Å². The fourth-order valence-electron chi connectivity index (χ4n) is 1.84. The number of carbonyl (C=O) groups is 1. The number of rotatable bonds is 8. The Labute approximate surface area is 138 Å². The summed E-state index contributed by atoms with van der Waals surface area (Å²) in [4.78, 5) is 11.9. The molecule has 4 nitrogen and oxygen atoms in total. The molecule has 1 aromatic rings. The summed E-state index contributed by atoms with van der Waals surface area (Å²) in [6.45, 7) is 8.17. The zero-order valence-corrected chi connectivity index (χ0v) is 14.8. The predicted octanol–water partition coefficient (Wildman–Crippen LogP) is 3.41. The van der Waals surface area contributed by atoms with Crippen LogP contribution in [0.15, 0.2) is 18.2 Å². The number of hydrogen-bond donors (Lipinski definition) is 1. The molecule has 1 aromatic carbocycles. The highest BCUT2D eigenvalue weighted by Crippen LogP contribution is 2.29. The molecule has 0 aromatic heterocycles.